The molecule has 0 radical (unpaired) electrons. The maximum Gasteiger partial charge on any atom is 0.132 e. The van der Waals surface area contributed by atoms with Crippen molar-refractivity contribution in [3.05, 3.63) is 88.9 Å². The van der Waals surface area contributed by atoms with E-state index in [1.54, 1.807) is 0 Å². The van der Waals surface area contributed by atoms with Gasteiger partial charge in [0, 0.05) is 36.8 Å². The molecule has 0 aliphatic carbocycles. The zero-order valence-corrected chi connectivity index (χ0v) is 24.4. The van der Waals surface area contributed by atoms with Gasteiger partial charge in [-0.05, 0) is 80.3 Å². The van der Waals surface area contributed by atoms with Crippen LogP contribution in [-0.4, -0.2) is 32.0 Å². The van der Waals surface area contributed by atoms with Crippen LogP contribution in [0.5, 0.6) is 0 Å². The summed E-state index contributed by atoms with van der Waals surface area (Å²) in [4.78, 5) is 0. The SMILES string of the molecule is C=C=C(Nc1ccc(/C(=C/C)CC)c(F)c1)c1ccc(/C(=C/CN(C)NC)CC)c(C)c1.CC.CCl. The van der Waals surface area contributed by atoms with E-state index in [1.165, 1.54) is 29.1 Å². The van der Waals surface area contributed by atoms with Gasteiger partial charge in [-0.2, -0.15) is 0 Å². The van der Waals surface area contributed by atoms with Gasteiger partial charge in [-0.15, -0.1) is 17.3 Å². The lowest BCUT2D eigenvalue weighted by Gasteiger charge is -2.16. The number of halogens is 2. The molecule has 0 aromatic heterocycles. The van der Waals surface area contributed by atoms with Crippen molar-refractivity contribution in [2.24, 2.45) is 0 Å². The lowest BCUT2D eigenvalue weighted by atomic mass is 9.95. The third-order valence-corrected chi connectivity index (χ3v) is 5.73. The molecule has 198 valence electrons. The van der Waals surface area contributed by atoms with Gasteiger partial charge in [0.05, 0.1) is 5.70 Å². The summed E-state index contributed by atoms with van der Waals surface area (Å²) in [6.45, 7) is 16.9. The Morgan fingerprint density at radius 1 is 1.06 bits per heavy atom. The van der Waals surface area contributed by atoms with Crippen LogP contribution in [0.3, 0.4) is 0 Å². The first-order chi connectivity index (χ1) is 17.4. The molecule has 0 unspecified atom stereocenters. The molecule has 2 aromatic rings. The van der Waals surface area contributed by atoms with Crippen LogP contribution >= 0.6 is 11.6 Å². The number of anilines is 1. The highest BCUT2D eigenvalue weighted by Crippen LogP contribution is 2.28. The van der Waals surface area contributed by atoms with E-state index in [9.17, 15) is 4.39 Å². The van der Waals surface area contributed by atoms with E-state index in [0.29, 0.717) is 11.3 Å². The summed E-state index contributed by atoms with van der Waals surface area (Å²) in [5, 5.41) is 5.31. The molecule has 0 amide bonds. The quantitative estimate of drug-likeness (QED) is 0.188. The van der Waals surface area contributed by atoms with Gasteiger partial charge in [0.15, 0.2) is 0 Å². The molecule has 0 aliphatic rings. The summed E-state index contributed by atoms with van der Waals surface area (Å²) in [5.74, 6) is -0.232. The fraction of sp³-hybridized carbons (Fsp3) is 0.387. The number of allylic oxidation sites excluding steroid dienone is 3. The summed E-state index contributed by atoms with van der Waals surface area (Å²) < 4.78 is 14.7. The van der Waals surface area contributed by atoms with Crippen LogP contribution in [0.2, 0.25) is 0 Å². The third-order valence-electron chi connectivity index (χ3n) is 5.73. The van der Waals surface area contributed by atoms with Crippen LogP contribution < -0.4 is 10.7 Å². The normalized spacial score (nSPS) is 11.1. The number of likely N-dealkylation sites (N-methyl/N-ethyl adjacent to an activating group) is 1. The zero-order valence-electron chi connectivity index (χ0n) is 23.7. The first kappa shape index (κ1) is 33.4. The lowest BCUT2D eigenvalue weighted by Crippen LogP contribution is -2.30. The van der Waals surface area contributed by atoms with Crippen molar-refractivity contribution in [3.8, 4) is 0 Å². The highest BCUT2D eigenvalue weighted by atomic mass is 35.5. The Kier molecular flexibility index (Phi) is 17.3. The van der Waals surface area contributed by atoms with E-state index in [2.05, 4.69) is 72.8 Å². The third kappa shape index (κ3) is 9.79. The van der Waals surface area contributed by atoms with Gasteiger partial charge < -0.3 is 5.32 Å². The summed E-state index contributed by atoms with van der Waals surface area (Å²) in [6, 6.07) is 11.6. The summed E-state index contributed by atoms with van der Waals surface area (Å²) in [7, 11) is 3.93. The van der Waals surface area contributed by atoms with Crippen molar-refractivity contribution < 1.29 is 4.39 Å². The molecule has 3 nitrogen and oxygen atoms in total. The molecule has 0 spiro atoms. The van der Waals surface area contributed by atoms with E-state index < -0.39 is 0 Å². The number of benzene rings is 2. The summed E-state index contributed by atoms with van der Waals surface area (Å²) >= 11 is 4.64. The van der Waals surface area contributed by atoms with Gasteiger partial charge in [0.1, 0.15) is 5.82 Å². The number of nitrogens with zero attached hydrogens (tertiary/aromatic N) is 1. The van der Waals surface area contributed by atoms with Crippen LogP contribution in [0.1, 0.15) is 69.7 Å². The highest BCUT2D eigenvalue weighted by molar-refractivity contribution is 6.15. The number of hydrogen-bond acceptors (Lipinski definition) is 3. The van der Waals surface area contributed by atoms with Crippen molar-refractivity contribution in [1.29, 1.82) is 0 Å². The molecule has 0 bridgehead atoms. The van der Waals surface area contributed by atoms with E-state index in [0.717, 1.165) is 36.2 Å². The molecule has 0 aliphatic heterocycles. The molecule has 0 heterocycles. The van der Waals surface area contributed by atoms with Crippen LogP contribution in [0.25, 0.3) is 16.8 Å². The van der Waals surface area contributed by atoms with Crippen LogP contribution in [0, 0.1) is 12.7 Å². The molecule has 2 aromatic carbocycles. The van der Waals surface area contributed by atoms with Crippen molar-refractivity contribution in [2.45, 2.75) is 54.4 Å². The summed E-state index contributed by atoms with van der Waals surface area (Å²) in [6.07, 6.45) is 7.43. The predicted octanol–water partition coefficient (Wildman–Crippen LogP) is 8.93. The molecule has 0 saturated heterocycles. The number of hydrogen-bond donors (Lipinski definition) is 2. The molecule has 0 atom stereocenters. The van der Waals surface area contributed by atoms with E-state index in [1.807, 2.05) is 65.0 Å². The number of aryl methyl sites for hydroxylation is 1. The fourth-order valence-corrected chi connectivity index (χ4v) is 3.73. The largest absolute Gasteiger partial charge is 0.349 e. The Morgan fingerprint density at radius 3 is 2.14 bits per heavy atom. The first-order valence-electron chi connectivity index (χ1n) is 12.6. The molecule has 5 heteroatoms. The number of alkyl halides is 1. The molecule has 2 N–H and O–H groups in total. The van der Waals surface area contributed by atoms with Gasteiger partial charge >= 0.3 is 0 Å². The van der Waals surface area contributed by atoms with E-state index in [4.69, 9.17) is 0 Å². The molecule has 36 heavy (non-hydrogen) atoms. The van der Waals surface area contributed by atoms with E-state index >= 15 is 0 Å². The Labute approximate surface area is 224 Å². The monoisotopic (exact) mass is 513 g/mol. The fourth-order valence-electron chi connectivity index (χ4n) is 3.73. The predicted molar refractivity (Wildman–Crippen MR) is 161 cm³/mol. The second-order valence-corrected chi connectivity index (χ2v) is 7.76. The van der Waals surface area contributed by atoms with Crippen molar-refractivity contribution in [1.82, 2.24) is 10.4 Å². The molecular formula is C31H45ClFN3. The van der Waals surface area contributed by atoms with Crippen LogP contribution in [0.15, 0.2) is 60.9 Å². The number of rotatable bonds is 10. The topological polar surface area (TPSA) is 27.3 Å². The van der Waals surface area contributed by atoms with Gasteiger partial charge in [-0.25, -0.2) is 9.40 Å². The van der Waals surface area contributed by atoms with Crippen LogP contribution in [-0.2, 0) is 0 Å². The second kappa shape index (κ2) is 18.6. The molecular weight excluding hydrogens is 469 g/mol. The number of hydrazine groups is 1. The maximum absolute atomic E-state index is 14.7. The van der Waals surface area contributed by atoms with Crippen molar-refractivity contribution >= 4 is 34.1 Å². The van der Waals surface area contributed by atoms with Crippen molar-refractivity contribution in [2.75, 3.05) is 32.3 Å². The minimum Gasteiger partial charge on any atom is -0.349 e. The minimum absolute atomic E-state index is 0.232. The average Bonchev–Trinajstić information content (AvgIpc) is 2.92. The molecule has 2 rings (SSSR count). The summed E-state index contributed by atoms with van der Waals surface area (Å²) in [5.41, 5.74) is 13.8. The first-order valence-corrected chi connectivity index (χ1v) is 13.3. The van der Waals surface area contributed by atoms with E-state index in [-0.39, 0.29) is 5.82 Å². The zero-order chi connectivity index (χ0) is 27.7. The highest BCUT2D eigenvalue weighted by Gasteiger charge is 2.11. The Morgan fingerprint density at radius 2 is 1.67 bits per heavy atom. The minimum atomic E-state index is -0.232. The Balaban J connectivity index is 0.00000291. The van der Waals surface area contributed by atoms with Gasteiger partial charge in [-0.1, -0.05) is 58.6 Å². The molecule has 0 saturated carbocycles. The van der Waals surface area contributed by atoms with Gasteiger partial charge in [0.25, 0.3) is 0 Å². The van der Waals surface area contributed by atoms with Gasteiger partial charge in [0.2, 0.25) is 0 Å². The second-order valence-electron chi connectivity index (χ2n) is 7.76. The van der Waals surface area contributed by atoms with Crippen LogP contribution in [0.4, 0.5) is 10.1 Å². The standard InChI is InChI=1S/C28H36FN3.C2H6.CH3Cl/c1-8-21(9-2)26-15-13-24(19-27(26)29)31-28(11-4)23-12-14-25(20(5)18-23)22(10-3)16-17-32(7)30-6;2*1-2/h8,12-16,18-19,30-31H,4,9-10,17H2,1-3,5-7H3;1-2H3;1H3/b21-8+,22-16+;;. The molecule has 0 fully saturated rings. The Bertz CT molecular complexity index is 1050. The Hall–Kier alpha value is -2.62. The van der Waals surface area contributed by atoms with Gasteiger partial charge in [-0.3, -0.25) is 5.43 Å². The smallest absolute Gasteiger partial charge is 0.132 e. The maximum atomic E-state index is 14.7. The van der Waals surface area contributed by atoms with Crippen molar-refractivity contribution in [3.63, 3.8) is 0 Å². The number of nitrogens with one attached hydrogen (secondary N) is 2. The lowest BCUT2D eigenvalue weighted by molar-refractivity contribution is 0.290. The average molecular weight is 514 g/mol.